The van der Waals surface area contributed by atoms with Crippen molar-refractivity contribution in [2.24, 2.45) is 11.8 Å². The van der Waals surface area contributed by atoms with Crippen molar-refractivity contribution in [2.75, 3.05) is 7.11 Å². The van der Waals surface area contributed by atoms with Gasteiger partial charge in [0.25, 0.3) is 5.06 Å². The SMILES string of the molecule is COC(=O)C1(Cl)OC12CCC(C(C)C)CC2. The lowest BCUT2D eigenvalue weighted by atomic mass is 9.75. The third kappa shape index (κ3) is 1.65. The number of methoxy groups -OCH3 is 1. The number of hydrogen-bond donors (Lipinski definition) is 0. The Hall–Kier alpha value is -0.280. The van der Waals surface area contributed by atoms with Gasteiger partial charge in [-0.1, -0.05) is 25.4 Å². The molecule has 0 aromatic heterocycles. The molecule has 1 saturated heterocycles. The minimum Gasteiger partial charge on any atom is -0.466 e. The maximum Gasteiger partial charge on any atom is 0.357 e. The van der Waals surface area contributed by atoms with Gasteiger partial charge in [0.1, 0.15) is 5.60 Å². The zero-order valence-electron chi connectivity index (χ0n) is 10.1. The summed E-state index contributed by atoms with van der Waals surface area (Å²) in [6.45, 7) is 4.48. The molecule has 0 aromatic carbocycles. The van der Waals surface area contributed by atoms with Crippen molar-refractivity contribution in [3.8, 4) is 0 Å². The second kappa shape index (κ2) is 3.88. The molecule has 0 amide bonds. The fourth-order valence-corrected chi connectivity index (χ4v) is 3.21. The molecule has 4 heteroatoms. The average molecular weight is 247 g/mol. The normalized spacial score (nSPS) is 42.4. The predicted octanol–water partition coefficient (Wildman–Crippen LogP) is 2.71. The Labute approximate surface area is 101 Å². The zero-order chi connectivity index (χ0) is 12.0. The maximum atomic E-state index is 11.5. The summed E-state index contributed by atoms with van der Waals surface area (Å²) in [7, 11) is 1.35. The van der Waals surface area contributed by atoms with Crippen molar-refractivity contribution in [3.05, 3.63) is 0 Å². The van der Waals surface area contributed by atoms with Gasteiger partial charge in [-0.05, 0) is 37.5 Å². The monoisotopic (exact) mass is 246 g/mol. The third-order valence-electron chi connectivity index (χ3n) is 4.11. The molecular weight excluding hydrogens is 228 g/mol. The first-order valence-electron chi connectivity index (χ1n) is 5.93. The summed E-state index contributed by atoms with van der Waals surface area (Å²) in [5.74, 6) is 0.976. The molecule has 92 valence electrons. The molecule has 1 spiro atoms. The van der Waals surface area contributed by atoms with Crippen LogP contribution in [0.5, 0.6) is 0 Å². The summed E-state index contributed by atoms with van der Waals surface area (Å²) in [4.78, 5) is 11.5. The van der Waals surface area contributed by atoms with Crippen LogP contribution in [0.4, 0.5) is 0 Å². The first-order valence-corrected chi connectivity index (χ1v) is 6.30. The molecule has 0 bridgehead atoms. The molecule has 2 fully saturated rings. The van der Waals surface area contributed by atoms with Gasteiger partial charge in [0.05, 0.1) is 7.11 Å². The van der Waals surface area contributed by atoms with Gasteiger partial charge in [-0.25, -0.2) is 4.79 Å². The summed E-state index contributed by atoms with van der Waals surface area (Å²) in [5, 5.41) is -1.19. The highest BCUT2D eigenvalue weighted by Crippen LogP contribution is 2.60. The van der Waals surface area contributed by atoms with Gasteiger partial charge in [-0.15, -0.1) is 0 Å². The Morgan fingerprint density at radius 2 is 2.00 bits per heavy atom. The minimum atomic E-state index is -1.19. The molecule has 0 radical (unpaired) electrons. The van der Waals surface area contributed by atoms with E-state index in [1.807, 2.05) is 0 Å². The second-order valence-electron chi connectivity index (χ2n) is 5.26. The lowest BCUT2D eigenvalue weighted by molar-refractivity contribution is -0.143. The largest absolute Gasteiger partial charge is 0.466 e. The van der Waals surface area contributed by atoms with Gasteiger partial charge in [0.2, 0.25) is 0 Å². The Morgan fingerprint density at radius 3 is 2.44 bits per heavy atom. The summed E-state index contributed by atoms with van der Waals surface area (Å²) in [5.41, 5.74) is -0.437. The van der Waals surface area contributed by atoms with E-state index in [4.69, 9.17) is 16.3 Å². The smallest absolute Gasteiger partial charge is 0.357 e. The number of esters is 1. The van der Waals surface area contributed by atoms with Crippen LogP contribution in [0.3, 0.4) is 0 Å². The molecule has 0 aromatic rings. The van der Waals surface area contributed by atoms with Crippen LogP contribution in [-0.2, 0) is 14.3 Å². The van der Waals surface area contributed by atoms with Crippen LogP contribution in [0.2, 0.25) is 0 Å². The van der Waals surface area contributed by atoms with E-state index in [-0.39, 0.29) is 0 Å². The average Bonchev–Trinajstić information content (AvgIpc) is 2.84. The van der Waals surface area contributed by atoms with Crippen molar-refractivity contribution in [1.82, 2.24) is 0 Å². The zero-order valence-corrected chi connectivity index (χ0v) is 10.8. The van der Waals surface area contributed by atoms with Gasteiger partial charge >= 0.3 is 5.97 Å². The second-order valence-corrected chi connectivity index (χ2v) is 5.80. The fraction of sp³-hybridized carbons (Fsp3) is 0.917. The lowest BCUT2D eigenvalue weighted by Crippen LogP contribution is -2.34. The first-order chi connectivity index (χ1) is 7.45. The van der Waals surface area contributed by atoms with Crippen LogP contribution in [0.25, 0.3) is 0 Å². The highest BCUT2D eigenvalue weighted by molar-refractivity contribution is 6.36. The Kier molecular flexibility index (Phi) is 2.96. The van der Waals surface area contributed by atoms with Crippen LogP contribution >= 0.6 is 11.6 Å². The standard InChI is InChI=1S/C12H19ClO3/c1-8(2)9-4-6-11(7-5-9)12(13,16-11)10(14)15-3/h8-9H,4-7H2,1-3H3. The lowest BCUT2D eigenvalue weighted by Gasteiger charge is -2.29. The van der Waals surface area contributed by atoms with E-state index >= 15 is 0 Å². The molecule has 2 aliphatic rings. The van der Waals surface area contributed by atoms with Gasteiger partial charge in [-0.2, -0.15) is 0 Å². The maximum absolute atomic E-state index is 11.5. The Morgan fingerprint density at radius 1 is 1.44 bits per heavy atom. The van der Waals surface area contributed by atoms with Crippen LogP contribution in [0.1, 0.15) is 39.5 Å². The highest BCUT2D eigenvalue weighted by atomic mass is 35.5. The van der Waals surface area contributed by atoms with E-state index in [2.05, 4.69) is 18.6 Å². The number of hydrogen-bond acceptors (Lipinski definition) is 3. The molecule has 2 rings (SSSR count). The third-order valence-corrected chi connectivity index (χ3v) is 4.68. The number of carbonyl (C=O) groups is 1. The van der Waals surface area contributed by atoms with Gasteiger partial charge in [-0.3, -0.25) is 0 Å². The van der Waals surface area contributed by atoms with Crippen LogP contribution < -0.4 is 0 Å². The molecule has 1 aliphatic carbocycles. The summed E-state index contributed by atoms with van der Waals surface area (Å²) >= 11 is 6.16. The number of rotatable bonds is 2. The van der Waals surface area contributed by atoms with E-state index in [9.17, 15) is 4.79 Å². The molecular formula is C12H19ClO3. The Balaban J connectivity index is 1.98. The van der Waals surface area contributed by atoms with Crippen molar-refractivity contribution in [1.29, 1.82) is 0 Å². The fourth-order valence-electron chi connectivity index (χ4n) is 2.80. The number of epoxide rings is 1. The number of alkyl halides is 1. The van der Waals surface area contributed by atoms with E-state index < -0.39 is 16.6 Å². The molecule has 1 unspecified atom stereocenters. The van der Waals surface area contributed by atoms with Crippen molar-refractivity contribution in [3.63, 3.8) is 0 Å². The highest BCUT2D eigenvalue weighted by Gasteiger charge is 2.75. The summed E-state index contributed by atoms with van der Waals surface area (Å²) < 4.78 is 10.2. The van der Waals surface area contributed by atoms with E-state index in [0.717, 1.165) is 31.6 Å². The number of carbonyl (C=O) groups excluding carboxylic acids is 1. The predicted molar refractivity (Wildman–Crippen MR) is 61.2 cm³/mol. The van der Waals surface area contributed by atoms with Gasteiger partial charge in [0, 0.05) is 0 Å². The van der Waals surface area contributed by atoms with Gasteiger partial charge < -0.3 is 9.47 Å². The Bertz CT molecular complexity index is 295. The molecule has 1 aliphatic heterocycles. The summed E-state index contributed by atoms with van der Waals surface area (Å²) in [6, 6.07) is 0. The number of halogens is 1. The van der Waals surface area contributed by atoms with Crippen molar-refractivity contribution in [2.45, 2.75) is 50.2 Å². The van der Waals surface area contributed by atoms with Crippen LogP contribution in [0, 0.1) is 11.8 Å². The molecule has 16 heavy (non-hydrogen) atoms. The van der Waals surface area contributed by atoms with E-state index in [0.29, 0.717) is 5.92 Å². The number of ether oxygens (including phenoxy) is 2. The molecule has 3 nitrogen and oxygen atoms in total. The topological polar surface area (TPSA) is 38.8 Å². The minimum absolute atomic E-state index is 0.437. The molecule has 1 saturated carbocycles. The quantitative estimate of drug-likeness (QED) is 0.427. The van der Waals surface area contributed by atoms with Crippen LogP contribution in [0.15, 0.2) is 0 Å². The van der Waals surface area contributed by atoms with Crippen molar-refractivity contribution >= 4 is 17.6 Å². The molecule has 1 heterocycles. The molecule has 1 atom stereocenters. The van der Waals surface area contributed by atoms with Crippen molar-refractivity contribution < 1.29 is 14.3 Å². The van der Waals surface area contributed by atoms with E-state index in [1.54, 1.807) is 0 Å². The van der Waals surface area contributed by atoms with E-state index in [1.165, 1.54) is 7.11 Å². The first kappa shape index (κ1) is 12.2. The van der Waals surface area contributed by atoms with Gasteiger partial charge in [0.15, 0.2) is 0 Å². The molecule has 0 N–H and O–H groups in total. The summed E-state index contributed by atoms with van der Waals surface area (Å²) in [6.07, 6.45) is 3.91. The van der Waals surface area contributed by atoms with Crippen LogP contribution in [-0.4, -0.2) is 23.7 Å².